The first-order valence-electron chi connectivity index (χ1n) is 7.52. The molecule has 0 saturated carbocycles. The summed E-state index contributed by atoms with van der Waals surface area (Å²) in [6.45, 7) is 4.74. The number of amides is 1. The number of benzene rings is 1. The van der Waals surface area contributed by atoms with Crippen LogP contribution < -0.4 is 0 Å². The van der Waals surface area contributed by atoms with Crippen molar-refractivity contribution in [1.82, 2.24) is 15.0 Å². The molecule has 0 unspecified atom stereocenters. The number of halogens is 3. The zero-order valence-corrected chi connectivity index (χ0v) is 13.2. The van der Waals surface area contributed by atoms with Crippen molar-refractivity contribution in [1.29, 1.82) is 0 Å². The summed E-state index contributed by atoms with van der Waals surface area (Å²) in [6, 6.07) is 6.16. The monoisotopic (exact) mass is 339 g/mol. The Bertz CT molecular complexity index is 751. The van der Waals surface area contributed by atoms with E-state index < -0.39 is 12.1 Å². The second-order valence-corrected chi connectivity index (χ2v) is 6.37. The van der Waals surface area contributed by atoms with Gasteiger partial charge in [-0.05, 0) is 38.8 Å². The molecule has 3 rings (SSSR count). The van der Waals surface area contributed by atoms with Crippen molar-refractivity contribution < 1.29 is 22.5 Å². The average molecular weight is 339 g/mol. The standard InChI is InChI=1S/C16H16F3N3O2/c1-15(2)8-3-9-22(15)13(23)11-6-4-10(5-7-11)12-20-14(24-21-12)16(17,18)19/h4-7H,3,8-9H2,1-2H3. The summed E-state index contributed by atoms with van der Waals surface area (Å²) in [5.74, 6) is -1.65. The van der Waals surface area contributed by atoms with Crippen LogP contribution in [0.25, 0.3) is 11.4 Å². The molecule has 1 aliphatic heterocycles. The van der Waals surface area contributed by atoms with E-state index in [9.17, 15) is 18.0 Å². The maximum absolute atomic E-state index is 12.6. The summed E-state index contributed by atoms with van der Waals surface area (Å²) in [4.78, 5) is 17.7. The van der Waals surface area contributed by atoms with E-state index in [4.69, 9.17) is 0 Å². The third-order valence-corrected chi connectivity index (χ3v) is 4.20. The zero-order chi connectivity index (χ0) is 17.5. The summed E-state index contributed by atoms with van der Waals surface area (Å²) < 4.78 is 41.7. The molecular weight excluding hydrogens is 323 g/mol. The van der Waals surface area contributed by atoms with Gasteiger partial charge in [0.05, 0.1) is 0 Å². The largest absolute Gasteiger partial charge is 0.471 e. The van der Waals surface area contributed by atoms with Gasteiger partial charge in [0.15, 0.2) is 0 Å². The van der Waals surface area contributed by atoms with Crippen LogP contribution in [-0.2, 0) is 6.18 Å². The third-order valence-electron chi connectivity index (χ3n) is 4.20. The third kappa shape index (κ3) is 3.00. The number of rotatable bonds is 2. The molecule has 0 N–H and O–H groups in total. The van der Waals surface area contributed by atoms with Gasteiger partial charge in [-0.1, -0.05) is 17.3 Å². The van der Waals surface area contributed by atoms with Gasteiger partial charge in [-0.2, -0.15) is 18.2 Å². The van der Waals surface area contributed by atoms with Crippen LogP contribution >= 0.6 is 0 Å². The number of aromatic nitrogens is 2. The summed E-state index contributed by atoms with van der Waals surface area (Å²) in [7, 11) is 0. The molecule has 5 nitrogen and oxygen atoms in total. The molecule has 0 atom stereocenters. The lowest BCUT2D eigenvalue weighted by Gasteiger charge is -2.31. The molecular formula is C16H16F3N3O2. The molecule has 2 heterocycles. The maximum Gasteiger partial charge on any atom is 0.471 e. The van der Waals surface area contributed by atoms with Crippen LogP contribution in [-0.4, -0.2) is 33.0 Å². The van der Waals surface area contributed by atoms with Gasteiger partial charge in [-0.15, -0.1) is 0 Å². The van der Waals surface area contributed by atoms with E-state index >= 15 is 0 Å². The molecule has 0 spiro atoms. The van der Waals surface area contributed by atoms with Crippen LogP contribution in [0.2, 0.25) is 0 Å². The molecule has 0 radical (unpaired) electrons. The highest BCUT2D eigenvalue weighted by molar-refractivity contribution is 5.95. The van der Waals surface area contributed by atoms with Gasteiger partial charge in [0.1, 0.15) is 0 Å². The number of hydrogen-bond acceptors (Lipinski definition) is 4. The van der Waals surface area contributed by atoms with Crippen molar-refractivity contribution in [3.8, 4) is 11.4 Å². The Labute approximate surface area is 136 Å². The van der Waals surface area contributed by atoms with E-state index in [1.165, 1.54) is 12.1 Å². The molecule has 1 aromatic carbocycles. The highest BCUT2D eigenvalue weighted by Gasteiger charge is 2.38. The smallest absolute Gasteiger partial charge is 0.334 e. The van der Waals surface area contributed by atoms with Gasteiger partial charge in [-0.3, -0.25) is 4.79 Å². The van der Waals surface area contributed by atoms with E-state index in [-0.39, 0.29) is 17.3 Å². The number of nitrogens with zero attached hydrogens (tertiary/aromatic N) is 3. The van der Waals surface area contributed by atoms with Crippen molar-refractivity contribution in [2.75, 3.05) is 6.54 Å². The molecule has 0 bridgehead atoms. The number of carbonyl (C=O) groups excluding carboxylic acids is 1. The van der Waals surface area contributed by atoms with Gasteiger partial charge in [0, 0.05) is 23.2 Å². The van der Waals surface area contributed by atoms with Gasteiger partial charge >= 0.3 is 12.1 Å². The van der Waals surface area contributed by atoms with Gasteiger partial charge in [0.25, 0.3) is 5.91 Å². The van der Waals surface area contributed by atoms with Gasteiger partial charge < -0.3 is 9.42 Å². The Balaban J connectivity index is 1.81. The Kier molecular flexibility index (Phi) is 3.85. The number of likely N-dealkylation sites (tertiary alicyclic amines) is 1. The summed E-state index contributed by atoms with van der Waals surface area (Å²) in [5.41, 5.74) is 0.644. The molecule has 1 fully saturated rings. The predicted octanol–water partition coefficient (Wildman–Crippen LogP) is 3.77. The van der Waals surface area contributed by atoms with Crippen LogP contribution in [0.1, 0.15) is 42.9 Å². The van der Waals surface area contributed by atoms with Crippen LogP contribution in [0.3, 0.4) is 0 Å². The molecule has 1 saturated heterocycles. The number of carbonyl (C=O) groups is 1. The number of hydrogen-bond donors (Lipinski definition) is 0. The minimum absolute atomic E-state index is 0.0897. The summed E-state index contributed by atoms with van der Waals surface area (Å²) >= 11 is 0. The minimum Gasteiger partial charge on any atom is -0.334 e. The zero-order valence-electron chi connectivity index (χ0n) is 13.2. The maximum atomic E-state index is 12.6. The normalized spacial score (nSPS) is 17.3. The lowest BCUT2D eigenvalue weighted by Crippen LogP contribution is -2.42. The van der Waals surface area contributed by atoms with E-state index in [0.717, 1.165) is 12.8 Å². The summed E-state index contributed by atoms with van der Waals surface area (Å²) in [5, 5.41) is 3.33. The Morgan fingerprint density at radius 3 is 2.42 bits per heavy atom. The second kappa shape index (κ2) is 5.61. The predicted molar refractivity (Wildman–Crippen MR) is 79.1 cm³/mol. The molecule has 8 heteroatoms. The molecule has 1 aromatic heterocycles. The van der Waals surface area contributed by atoms with Gasteiger partial charge in [0.2, 0.25) is 5.82 Å². The van der Waals surface area contributed by atoms with Crippen LogP contribution in [0.4, 0.5) is 13.2 Å². The van der Waals surface area contributed by atoms with Crippen molar-refractivity contribution in [2.24, 2.45) is 0 Å². The van der Waals surface area contributed by atoms with E-state index in [2.05, 4.69) is 14.7 Å². The van der Waals surface area contributed by atoms with E-state index in [0.29, 0.717) is 17.7 Å². The molecule has 1 aliphatic rings. The second-order valence-electron chi connectivity index (χ2n) is 6.37. The van der Waals surface area contributed by atoms with Crippen molar-refractivity contribution in [2.45, 2.75) is 38.4 Å². The Hall–Kier alpha value is -2.38. The first-order valence-corrected chi connectivity index (χ1v) is 7.52. The Morgan fingerprint density at radius 2 is 1.92 bits per heavy atom. The lowest BCUT2D eigenvalue weighted by molar-refractivity contribution is -0.159. The highest BCUT2D eigenvalue weighted by Crippen LogP contribution is 2.31. The summed E-state index contributed by atoms with van der Waals surface area (Å²) in [6.07, 6.45) is -2.78. The SMILES string of the molecule is CC1(C)CCCN1C(=O)c1ccc(-c2noc(C(F)(F)F)n2)cc1. The topological polar surface area (TPSA) is 59.2 Å². The lowest BCUT2D eigenvalue weighted by atomic mass is 10.0. The van der Waals surface area contributed by atoms with E-state index in [1.807, 2.05) is 18.7 Å². The molecule has 0 aliphatic carbocycles. The Morgan fingerprint density at radius 1 is 1.25 bits per heavy atom. The first kappa shape index (κ1) is 16.5. The quantitative estimate of drug-likeness (QED) is 0.836. The molecule has 24 heavy (non-hydrogen) atoms. The molecule has 1 amide bonds. The fourth-order valence-corrected chi connectivity index (χ4v) is 2.86. The van der Waals surface area contributed by atoms with Crippen LogP contribution in [0.5, 0.6) is 0 Å². The fourth-order valence-electron chi connectivity index (χ4n) is 2.86. The van der Waals surface area contributed by atoms with Crippen molar-refractivity contribution in [3.63, 3.8) is 0 Å². The van der Waals surface area contributed by atoms with Gasteiger partial charge in [-0.25, -0.2) is 0 Å². The van der Waals surface area contributed by atoms with Crippen molar-refractivity contribution in [3.05, 3.63) is 35.7 Å². The highest BCUT2D eigenvalue weighted by atomic mass is 19.4. The molecule has 2 aromatic rings. The number of alkyl halides is 3. The van der Waals surface area contributed by atoms with Crippen molar-refractivity contribution >= 4 is 5.91 Å². The van der Waals surface area contributed by atoms with Crippen LogP contribution in [0.15, 0.2) is 28.8 Å². The fraction of sp³-hybridized carbons (Fsp3) is 0.438. The van der Waals surface area contributed by atoms with Crippen LogP contribution in [0, 0.1) is 0 Å². The average Bonchev–Trinajstić information content (AvgIpc) is 3.12. The van der Waals surface area contributed by atoms with E-state index in [1.54, 1.807) is 12.1 Å². The minimum atomic E-state index is -4.68. The first-order chi connectivity index (χ1) is 11.2. The molecule has 128 valence electrons.